The van der Waals surface area contributed by atoms with Crippen molar-refractivity contribution in [1.82, 2.24) is 0 Å². The molecule has 0 aliphatic rings. The largest absolute Gasteiger partial charge is 0.496 e. The number of hydrogen-bond acceptors (Lipinski definition) is 7. The highest BCUT2D eigenvalue weighted by Gasteiger charge is 2.24. The highest BCUT2D eigenvalue weighted by molar-refractivity contribution is 5.96. The smallest absolute Gasteiger partial charge is 0.383 e. The van der Waals surface area contributed by atoms with Crippen LogP contribution in [-0.2, 0) is 4.79 Å². The normalized spacial score (nSPS) is 10.4. The molecule has 0 saturated heterocycles. The molecule has 1 aromatic heterocycles. The van der Waals surface area contributed by atoms with Crippen LogP contribution in [0.3, 0.4) is 0 Å². The Morgan fingerprint density at radius 2 is 1.65 bits per heavy atom. The van der Waals surface area contributed by atoms with Gasteiger partial charge in [-0.05, 0) is 24.3 Å². The standard InChI is InChI=1S/C19H14O7/c1-11(20)24-16-15-13(23-2)9-6-10-14(15)25-19(22)17(16)26-18(21)12-7-4-3-5-8-12/h3-10H,1-2H3. The Labute approximate surface area is 147 Å². The maximum atomic E-state index is 12.3. The molecule has 26 heavy (non-hydrogen) atoms. The molecule has 1 heterocycles. The van der Waals surface area contributed by atoms with Gasteiger partial charge >= 0.3 is 17.6 Å². The van der Waals surface area contributed by atoms with Crippen LogP contribution in [0.4, 0.5) is 0 Å². The van der Waals surface area contributed by atoms with Crippen LogP contribution in [-0.4, -0.2) is 19.0 Å². The second kappa shape index (κ2) is 7.10. The van der Waals surface area contributed by atoms with E-state index in [9.17, 15) is 14.4 Å². The molecule has 0 amide bonds. The Hall–Kier alpha value is -3.61. The quantitative estimate of drug-likeness (QED) is 0.525. The van der Waals surface area contributed by atoms with E-state index in [2.05, 4.69) is 0 Å². The van der Waals surface area contributed by atoms with Crippen molar-refractivity contribution in [2.24, 2.45) is 0 Å². The lowest BCUT2D eigenvalue weighted by Gasteiger charge is -2.13. The van der Waals surface area contributed by atoms with E-state index in [4.69, 9.17) is 18.6 Å². The molecule has 0 atom stereocenters. The number of carbonyl (C=O) groups is 2. The first-order chi connectivity index (χ1) is 12.5. The van der Waals surface area contributed by atoms with Gasteiger partial charge in [-0.3, -0.25) is 4.79 Å². The van der Waals surface area contributed by atoms with Crippen LogP contribution < -0.4 is 19.8 Å². The average Bonchev–Trinajstić information content (AvgIpc) is 2.64. The van der Waals surface area contributed by atoms with E-state index in [1.807, 2.05) is 0 Å². The predicted octanol–water partition coefficient (Wildman–Crippen LogP) is 2.95. The Balaban J connectivity index is 2.20. The van der Waals surface area contributed by atoms with Gasteiger partial charge in [0, 0.05) is 6.92 Å². The zero-order chi connectivity index (χ0) is 18.7. The lowest BCUT2D eigenvalue weighted by Crippen LogP contribution is -2.17. The molecule has 0 aliphatic heterocycles. The number of benzene rings is 2. The minimum atomic E-state index is -0.953. The SMILES string of the molecule is COc1cccc2oc(=O)c(OC(=O)c3ccccc3)c(OC(C)=O)c12. The summed E-state index contributed by atoms with van der Waals surface area (Å²) in [5.74, 6) is -1.95. The van der Waals surface area contributed by atoms with Gasteiger partial charge < -0.3 is 18.6 Å². The highest BCUT2D eigenvalue weighted by atomic mass is 16.6. The molecule has 132 valence electrons. The summed E-state index contributed by atoms with van der Waals surface area (Å²) in [5.41, 5.74) is -0.600. The number of fused-ring (bicyclic) bond motifs is 1. The van der Waals surface area contributed by atoms with Crippen molar-refractivity contribution in [2.45, 2.75) is 6.92 Å². The molecule has 0 saturated carbocycles. The van der Waals surface area contributed by atoms with Crippen LogP contribution in [0.25, 0.3) is 11.0 Å². The number of rotatable bonds is 4. The minimum absolute atomic E-state index is 0.130. The molecule has 0 spiro atoms. The zero-order valence-corrected chi connectivity index (χ0v) is 14.0. The third-order valence-corrected chi connectivity index (χ3v) is 3.48. The van der Waals surface area contributed by atoms with Crippen LogP contribution in [0.5, 0.6) is 17.2 Å². The first-order valence-corrected chi connectivity index (χ1v) is 7.60. The van der Waals surface area contributed by atoms with E-state index in [0.29, 0.717) is 5.75 Å². The number of methoxy groups -OCH3 is 1. The maximum Gasteiger partial charge on any atom is 0.383 e. The van der Waals surface area contributed by atoms with Crippen molar-refractivity contribution < 1.29 is 28.2 Å². The summed E-state index contributed by atoms with van der Waals surface area (Å²) in [6.07, 6.45) is 0. The topological polar surface area (TPSA) is 92.0 Å². The van der Waals surface area contributed by atoms with Gasteiger partial charge in [-0.2, -0.15) is 0 Å². The van der Waals surface area contributed by atoms with Crippen molar-refractivity contribution in [3.05, 3.63) is 64.5 Å². The van der Waals surface area contributed by atoms with E-state index in [-0.39, 0.29) is 22.3 Å². The van der Waals surface area contributed by atoms with E-state index < -0.39 is 23.3 Å². The van der Waals surface area contributed by atoms with Crippen LogP contribution in [0, 0.1) is 0 Å². The third kappa shape index (κ3) is 3.27. The van der Waals surface area contributed by atoms with Crippen LogP contribution in [0.15, 0.2) is 57.7 Å². The Morgan fingerprint density at radius 1 is 0.923 bits per heavy atom. The van der Waals surface area contributed by atoms with Crippen molar-refractivity contribution in [3.63, 3.8) is 0 Å². The zero-order valence-electron chi connectivity index (χ0n) is 14.0. The lowest BCUT2D eigenvalue weighted by molar-refractivity contribution is -0.131. The fraction of sp³-hybridized carbons (Fsp3) is 0.105. The highest BCUT2D eigenvalue weighted by Crippen LogP contribution is 2.39. The lowest BCUT2D eigenvalue weighted by atomic mass is 10.2. The fourth-order valence-corrected chi connectivity index (χ4v) is 2.40. The van der Waals surface area contributed by atoms with Gasteiger partial charge in [-0.1, -0.05) is 24.3 Å². The second-order valence-electron chi connectivity index (χ2n) is 5.23. The summed E-state index contributed by atoms with van der Waals surface area (Å²) in [6, 6.07) is 12.8. The van der Waals surface area contributed by atoms with Gasteiger partial charge in [0.1, 0.15) is 16.7 Å². The van der Waals surface area contributed by atoms with Crippen LogP contribution in [0.2, 0.25) is 0 Å². The molecular formula is C19H14O7. The Kier molecular flexibility index (Phi) is 4.70. The predicted molar refractivity (Wildman–Crippen MR) is 91.7 cm³/mol. The molecular weight excluding hydrogens is 340 g/mol. The second-order valence-corrected chi connectivity index (χ2v) is 5.23. The molecule has 0 radical (unpaired) electrons. The van der Waals surface area contributed by atoms with Crippen molar-refractivity contribution in [1.29, 1.82) is 0 Å². The van der Waals surface area contributed by atoms with Crippen molar-refractivity contribution in [2.75, 3.05) is 7.11 Å². The molecule has 0 bridgehead atoms. The first-order valence-electron chi connectivity index (χ1n) is 7.60. The number of hydrogen-bond donors (Lipinski definition) is 0. The molecule has 3 aromatic rings. The first kappa shape index (κ1) is 17.2. The summed E-state index contributed by atoms with van der Waals surface area (Å²) in [6.45, 7) is 1.17. The number of ether oxygens (including phenoxy) is 3. The van der Waals surface area contributed by atoms with Gasteiger partial charge in [0.15, 0.2) is 5.75 Å². The monoisotopic (exact) mass is 354 g/mol. The molecule has 0 fully saturated rings. The summed E-state index contributed by atoms with van der Waals surface area (Å²) >= 11 is 0. The number of carbonyl (C=O) groups excluding carboxylic acids is 2. The average molecular weight is 354 g/mol. The summed E-state index contributed by atoms with van der Waals surface area (Å²) in [4.78, 5) is 36.2. The van der Waals surface area contributed by atoms with Gasteiger partial charge in [0.2, 0.25) is 0 Å². The minimum Gasteiger partial charge on any atom is -0.496 e. The van der Waals surface area contributed by atoms with E-state index in [1.54, 1.807) is 30.3 Å². The van der Waals surface area contributed by atoms with Crippen molar-refractivity contribution >= 4 is 22.9 Å². The van der Waals surface area contributed by atoms with E-state index >= 15 is 0 Å². The van der Waals surface area contributed by atoms with Gasteiger partial charge in [0.05, 0.1) is 12.7 Å². The molecule has 3 rings (SSSR count). The van der Waals surface area contributed by atoms with E-state index in [0.717, 1.165) is 0 Å². The Bertz CT molecular complexity index is 1030. The molecule has 0 N–H and O–H groups in total. The van der Waals surface area contributed by atoms with Crippen LogP contribution in [0.1, 0.15) is 17.3 Å². The molecule has 2 aromatic carbocycles. The van der Waals surface area contributed by atoms with Crippen molar-refractivity contribution in [3.8, 4) is 17.2 Å². The van der Waals surface area contributed by atoms with Crippen LogP contribution >= 0.6 is 0 Å². The Morgan fingerprint density at radius 3 is 2.31 bits per heavy atom. The molecule has 0 aliphatic carbocycles. The fourth-order valence-electron chi connectivity index (χ4n) is 2.40. The summed E-state index contributed by atoms with van der Waals surface area (Å²) in [5, 5.41) is 0.209. The summed E-state index contributed by atoms with van der Waals surface area (Å²) < 4.78 is 20.8. The molecule has 7 nitrogen and oxygen atoms in total. The molecule has 0 unspecified atom stereocenters. The third-order valence-electron chi connectivity index (χ3n) is 3.48. The van der Waals surface area contributed by atoms with Gasteiger partial charge in [-0.15, -0.1) is 0 Å². The van der Waals surface area contributed by atoms with Gasteiger partial charge in [-0.25, -0.2) is 9.59 Å². The molecule has 7 heteroatoms. The van der Waals surface area contributed by atoms with E-state index in [1.165, 1.54) is 32.2 Å². The summed E-state index contributed by atoms with van der Waals surface area (Å²) in [7, 11) is 1.41. The number of esters is 2. The van der Waals surface area contributed by atoms with Gasteiger partial charge in [0.25, 0.3) is 5.75 Å². The maximum absolute atomic E-state index is 12.3.